The molecular weight excluding hydrogens is 210 g/mol. The second kappa shape index (κ2) is 5.30. The highest BCUT2D eigenvalue weighted by atomic mass is 16.3. The van der Waals surface area contributed by atoms with Crippen LogP contribution in [-0.2, 0) is 6.42 Å². The molecule has 0 amide bonds. The normalized spacial score (nSPS) is 10.9. The highest BCUT2D eigenvalue weighted by Crippen LogP contribution is 2.22. The van der Waals surface area contributed by atoms with E-state index in [9.17, 15) is 5.11 Å². The Hall–Kier alpha value is -2.09. The second-order valence-corrected chi connectivity index (χ2v) is 3.80. The van der Waals surface area contributed by atoms with Gasteiger partial charge in [0.15, 0.2) is 0 Å². The molecule has 0 atom stereocenters. The minimum Gasteiger partial charge on any atom is -0.507 e. The van der Waals surface area contributed by atoms with E-state index in [1.54, 1.807) is 6.21 Å². The van der Waals surface area contributed by atoms with E-state index in [0.717, 1.165) is 23.2 Å². The van der Waals surface area contributed by atoms with Crippen molar-refractivity contribution in [2.24, 2.45) is 4.99 Å². The number of hydrogen-bond donors (Lipinski definition) is 1. The maximum Gasteiger partial charge on any atom is 0.127 e. The average Bonchev–Trinajstić information content (AvgIpc) is 2.39. The fourth-order valence-electron chi connectivity index (χ4n) is 1.66. The van der Waals surface area contributed by atoms with Crippen molar-refractivity contribution in [3.05, 3.63) is 59.7 Å². The number of phenolic OH excluding ortho intramolecular Hbond substituents is 1. The molecule has 0 unspecified atom stereocenters. The van der Waals surface area contributed by atoms with Gasteiger partial charge in [0.2, 0.25) is 0 Å². The first-order valence-electron chi connectivity index (χ1n) is 5.71. The number of hydrogen-bond acceptors (Lipinski definition) is 2. The van der Waals surface area contributed by atoms with Crippen molar-refractivity contribution < 1.29 is 5.11 Å². The van der Waals surface area contributed by atoms with E-state index < -0.39 is 0 Å². The van der Waals surface area contributed by atoms with E-state index >= 15 is 0 Å². The summed E-state index contributed by atoms with van der Waals surface area (Å²) in [6.45, 7) is 2.02. The van der Waals surface area contributed by atoms with Crippen molar-refractivity contribution in [1.82, 2.24) is 0 Å². The van der Waals surface area contributed by atoms with Crippen molar-refractivity contribution in [2.75, 3.05) is 0 Å². The zero-order chi connectivity index (χ0) is 12.1. The Bertz CT molecular complexity index is 518. The Morgan fingerprint density at radius 3 is 2.53 bits per heavy atom. The number of aryl methyl sites for hydroxylation is 1. The average molecular weight is 225 g/mol. The summed E-state index contributed by atoms with van der Waals surface area (Å²) in [5.74, 6) is 0.328. The number of benzene rings is 2. The summed E-state index contributed by atoms with van der Waals surface area (Å²) in [5, 5.41) is 9.98. The van der Waals surface area contributed by atoms with Gasteiger partial charge in [-0.1, -0.05) is 37.3 Å². The second-order valence-electron chi connectivity index (χ2n) is 3.80. The van der Waals surface area contributed by atoms with Crippen LogP contribution >= 0.6 is 0 Å². The van der Waals surface area contributed by atoms with E-state index in [2.05, 4.69) is 4.99 Å². The number of nitrogens with zero attached hydrogens (tertiary/aromatic N) is 1. The van der Waals surface area contributed by atoms with Gasteiger partial charge in [0.25, 0.3) is 0 Å². The van der Waals surface area contributed by atoms with Crippen LogP contribution in [0.15, 0.2) is 53.5 Å². The topological polar surface area (TPSA) is 32.6 Å². The molecule has 2 aromatic rings. The Labute approximate surface area is 101 Å². The first-order valence-corrected chi connectivity index (χ1v) is 5.71. The Balaban J connectivity index is 2.28. The molecule has 2 nitrogen and oxygen atoms in total. The molecule has 2 rings (SSSR count). The maximum absolute atomic E-state index is 9.98. The minimum absolute atomic E-state index is 0.328. The third kappa shape index (κ3) is 2.72. The van der Waals surface area contributed by atoms with Gasteiger partial charge in [-0.3, -0.25) is 4.99 Å². The van der Waals surface area contributed by atoms with Gasteiger partial charge >= 0.3 is 0 Å². The summed E-state index contributed by atoms with van der Waals surface area (Å²) in [6, 6.07) is 15.4. The first-order chi connectivity index (χ1) is 8.31. The van der Waals surface area contributed by atoms with Gasteiger partial charge in [-0.25, -0.2) is 0 Å². The fourth-order valence-corrected chi connectivity index (χ4v) is 1.66. The molecule has 0 saturated heterocycles. The zero-order valence-electron chi connectivity index (χ0n) is 9.80. The highest BCUT2D eigenvalue weighted by Gasteiger charge is 2.02. The van der Waals surface area contributed by atoms with Gasteiger partial charge in [-0.2, -0.15) is 0 Å². The number of aliphatic imine (C=N–C) groups is 1. The van der Waals surface area contributed by atoms with Gasteiger partial charge < -0.3 is 5.11 Å². The molecule has 0 fully saturated rings. The molecular formula is C15H15NO. The Morgan fingerprint density at radius 2 is 1.82 bits per heavy atom. The van der Waals surface area contributed by atoms with Gasteiger partial charge in [0.1, 0.15) is 5.75 Å². The van der Waals surface area contributed by atoms with Crippen LogP contribution in [0, 0.1) is 0 Å². The molecule has 1 N–H and O–H groups in total. The van der Waals surface area contributed by atoms with Gasteiger partial charge in [-0.15, -0.1) is 0 Å². The molecule has 0 heterocycles. The van der Waals surface area contributed by atoms with Crippen molar-refractivity contribution in [2.45, 2.75) is 13.3 Å². The molecule has 0 aliphatic rings. The van der Waals surface area contributed by atoms with Gasteiger partial charge in [0, 0.05) is 11.8 Å². The van der Waals surface area contributed by atoms with Crippen molar-refractivity contribution in [3.8, 4) is 5.75 Å². The summed E-state index contributed by atoms with van der Waals surface area (Å²) in [6.07, 6.45) is 2.52. The van der Waals surface area contributed by atoms with E-state index in [1.807, 2.05) is 55.5 Å². The molecule has 0 aliphatic heterocycles. The number of rotatable bonds is 3. The van der Waals surface area contributed by atoms with Crippen LogP contribution in [0.2, 0.25) is 0 Å². The SMILES string of the molecule is CCc1cccc(C=Nc2ccccc2)c1O. The van der Waals surface area contributed by atoms with Crippen molar-refractivity contribution in [3.63, 3.8) is 0 Å². The van der Waals surface area contributed by atoms with Gasteiger partial charge in [-0.05, 0) is 30.2 Å². The Kier molecular flexibility index (Phi) is 3.55. The van der Waals surface area contributed by atoms with Crippen LogP contribution in [0.3, 0.4) is 0 Å². The van der Waals surface area contributed by atoms with Crippen LogP contribution in [0.5, 0.6) is 5.75 Å². The fraction of sp³-hybridized carbons (Fsp3) is 0.133. The molecule has 17 heavy (non-hydrogen) atoms. The molecule has 2 heteroatoms. The summed E-state index contributed by atoms with van der Waals surface area (Å²) in [5.41, 5.74) is 2.59. The molecule has 86 valence electrons. The van der Waals surface area contributed by atoms with Gasteiger partial charge in [0.05, 0.1) is 5.69 Å². The number of para-hydroxylation sites is 2. The highest BCUT2D eigenvalue weighted by molar-refractivity contribution is 5.85. The van der Waals surface area contributed by atoms with Crippen LogP contribution in [0.25, 0.3) is 0 Å². The lowest BCUT2D eigenvalue weighted by atomic mass is 10.1. The van der Waals surface area contributed by atoms with Crippen LogP contribution in [0.4, 0.5) is 5.69 Å². The van der Waals surface area contributed by atoms with E-state index in [4.69, 9.17) is 0 Å². The zero-order valence-corrected chi connectivity index (χ0v) is 9.80. The van der Waals surface area contributed by atoms with Crippen LogP contribution in [0.1, 0.15) is 18.1 Å². The predicted molar refractivity (Wildman–Crippen MR) is 71.2 cm³/mol. The standard InChI is InChI=1S/C15H15NO/c1-2-12-7-6-8-13(15(12)17)11-16-14-9-4-3-5-10-14/h3-11,17H,2H2,1H3. The van der Waals surface area contributed by atoms with E-state index in [1.165, 1.54) is 0 Å². The number of aromatic hydroxyl groups is 1. The maximum atomic E-state index is 9.98. The van der Waals surface area contributed by atoms with Crippen LogP contribution < -0.4 is 0 Å². The molecule has 0 aliphatic carbocycles. The Morgan fingerprint density at radius 1 is 1.06 bits per heavy atom. The van der Waals surface area contributed by atoms with E-state index in [0.29, 0.717) is 5.75 Å². The number of phenols is 1. The molecule has 0 spiro atoms. The minimum atomic E-state index is 0.328. The monoisotopic (exact) mass is 225 g/mol. The quantitative estimate of drug-likeness (QED) is 0.793. The molecule has 0 saturated carbocycles. The summed E-state index contributed by atoms with van der Waals surface area (Å²) in [7, 11) is 0. The first kappa shape index (κ1) is 11.4. The largest absolute Gasteiger partial charge is 0.507 e. The summed E-state index contributed by atoms with van der Waals surface area (Å²) < 4.78 is 0. The molecule has 0 bridgehead atoms. The molecule has 2 aromatic carbocycles. The molecule has 0 radical (unpaired) electrons. The lowest BCUT2D eigenvalue weighted by Gasteiger charge is -2.03. The summed E-state index contributed by atoms with van der Waals surface area (Å²) in [4.78, 5) is 4.33. The lowest BCUT2D eigenvalue weighted by molar-refractivity contribution is 0.468. The summed E-state index contributed by atoms with van der Waals surface area (Å²) >= 11 is 0. The molecule has 0 aromatic heterocycles. The lowest BCUT2D eigenvalue weighted by Crippen LogP contribution is -1.87. The van der Waals surface area contributed by atoms with E-state index in [-0.39, 0.29) is 0 Å². The predicted octanol–water partition coefficient (Wildman–Crippen LogP) is 3.71. The third-order valence-corrected chi connectivity index (χ3v) is 2.64. The van der Waals surface area contributed by atoms with Crippen LogP contribution in [-0.4, -0.2) is 11.3 Å². The van der Waals surface area contributed by atoms with Crippen molar-refractivity contribution in [1.29, 1.82) is 0 Å². The third-order valence-electron chi connectivity index (χ3n) is 2.64. The van der Waals surface area contributed by atoms with Crippen molar-refractivity contribution >= 4 is 11.9 Å². The smallest absolute Gasteiger partial charge is 0.127 e.